The number of rotatable bonds is 2. The number of benzene rings is 2. The minimum atomic E-state index is -1.37. The lowest BCUT2D eigenvalue weighted by Crippen LogP contribution is -2.18. The van der Waals surface area contributed by atoms with Crippen LogP contribution < -0.4 is 5.43 Å². The van der Waals surface area contributed by atoms with Crippen LogP contribution in [0.5, 0.6) is 0 Å². The molecule has 22 heavy (non-hydrogen) atoms. The Morgan fingerprint density at radius 3 is 2.50 bits per heavy atom. The molecule has 6 heteroatoms. The molecule has 0 amide bonds. The second-order valence-corrected chi connectivity index (χ2v) is 5.07. The lowest BCUT2D eigenvalue weighted by Gasteiger charge is -2.13. The summed E-state index contributed by atoms with van der Waals surface area (Å²) in [5.74, 6) is -2.14. The normalized spacial score (nSPS) is 10.8. The molecule has 0 saturated carbocycles. The van der Waals surface area contributed by atoms with Gasteiger partial charge in [-0.3, -0.25) is 4.79 Å². The molecule has 0 aliphatic rings. The number of hydrogen-bond donors (Lipinski definition) is 1. The smallest absolute Gasteiger partial charge is 0.341 e. The standard InChI is InChI=1S/C16H9ClFNO3/c17-12-7-14-10(6-13(12)18)15(20)11(16(21)22)8-19(14)9-4-2-1-3-5-9/h1-8H,(H,21,22). The number of hydrogen-bond acceptors (Lipinski definition) is 2. The number of carbonyl (C=O) groups is 1. The first-order valence-corrected chi connectivity index (χ1v) is 6.70. The van der Waals surface area contributed by atoms with E-state index in [0.717, 1.165) is 6.07 Å². The molecule has 0 unspecified atom stereocenters. The average molecular weight is 318 g/mol. The molecule has 1 N–H and O–H groups in total. The Balaban J connectivity index is 2.50. The van der Waals surface area contributed by atoms with Crippen LogP contribution in [-0.2, 0) is 0 Å². The largest absolute Gasteiger partial charge is 0.477 e. The molecule has 0 atom stereocenters. The van der Waals surface area contributed by atoms with Crippen LogP contribution in [-0.4, -0.2) is 15.6 Å². The number of halogens is 2. The van der Waals surface area contributed by atoms with E-state index in [4.69, 9.17) is 11.6 Å². The summed E-state index contributed by atoms with van der Waals surface area (Å²) in [5, 5.41) is 9.01. The van der Waals surface area contributed by atoms with E-state index in [1.165, 1.54) is 16.8 Å². The summed E-state index contributed by atoms with van der Waals surface area (Å²) in [6, 6.07) is 11.1. The van der Waals surface area contributed by atoms with E-state index >= 15 is 0 Å². The van der Waals surface area contributed by atoms with Crippen LogP contribution in [0.25, 0.3) is 16.6 Å². The van der Waals surface area contributed by atoms with Crippen LogP contribution >= 0.6 is 11.6 Å². The van der Waals surface area contributed by atoms with E-state index < -0.39 is 22.8 Å². The van der Waals surface area contributed by atoms with Crippen LogP contribution in [0, 0.1) is 5.82 Å². The maximum absolute atomic E-state index is 13.7. The summed E-state index contributed by atoms with van der Waals surface area (Å²) >= 11 is 5.80. The third-order valence-corrected chi connectivity index (χ3v) is 3.60. The first-order chi connectivity index (χ1) is 10.5. The molecule has 2 aromatic carbocycles. The molecule has 0 aliphatic carbocycles. The zero-order valence-corrected chi connectivity index (χ0v) is 11.8. The van der Waals surface area contributed by atoms with Gasteiger partial charge in [0.2, 0.25) is 5.43 Å². The predicted octanol–water partition coefficient (Wildman–Crippen LogP) is 3.48. The number of carboxylic acid groups (broad SMARTS) is 1. The van der Waals surface area contributed by atoms with E-state index in [-0.39, 0.29) is 10.4 Å². The molecule has 3 aromatic rings. The van der Waals surface area contributed by atoms with Gasteiger partial charge in [-0.25, -0.2) is 9.18 Å². The fourth-order valence-corrected chi connectivity index (χ4v) is 2.43. The Morgan fingerprint density at radius 2 is 1.86 bits per heavy atom. The van der Waals surface area contributed by atoms with Gasteiger partial charge in [-0.15, -0.1) is 0 Å². The first kappa shape index (κ1) is 14.3. The van der Waals surface area contributed by atoms with Gasteiger partial charge in [0, 0.05) is 17.3 Å². The zero-order chi connectivity index (χ0) is 15.9. The molecule has 0 spiro atoms. The number of carboxylic acids is 1. The fourth-order valence-electron chi connectivity index (χ4n) is 2.27. The van der Waals surface area contributed by atoms with Gasteiger partial charge in [-0.2, -0.15) is 0 Å². The summed E-state index contributed by atoms with van der Waals surface area (Å²) < 4.78 is 15.2. The van der Waals surface area contributed by atoms with Gasteiger partial charge in [-0.05, 0) is 24.3 Å². The molecule has 0 saturated heterocycles. The van der Waals surface area contributed by atoms with Crippen molar-refractivity contribution in [1.82, 2.24) is 4.57 Å². The van der Waals surface area contributed by atoms with Crippen molar-refractivity contribution in [2.75, 3.05) is 0 Å². The molecule has 4 nitrogen and oxygen atoms in total. The van der Waals surface area contributed by atoms with Crippen LogP contribution in [0.4, 0.5) is 4.39 Å². The van der Waals surface area contributed by atoms with E-state index in [9.17, 15) is 19.1 Å². The highest BCUT2D eigenvalue weighted by Crippen LogP contribution is 2.24. The Hall–Kier alpha value is -2.66. The molecule has 0 bridgehead atoms. The van der Waals surface area contributed by atoms with Crippen molar-refractivity contribution in [2.45, 2.75) is 0 Å². The van der Waals surface area contributed by atoms with Crippen molar-refractivity contribution in [2.24, 2.45) is 0 Å². The number of aromatic carboxylic acids is 1. The summed E-state index contributed by atoms with van der Waals surface area (Å²) in [6.45, 7) is 0. The average Bonchev–Trinajstić information content (AvgIpc) is 2.50. The second kappa shape index (κ2) is 5.27. The van der Waals surface area contributed by atoms with Gasteiger partial charge in [0.15, 0.2) is 0 Å². The zero-order valence-electron chi connectivity index (χ0n) is 11.1. The minimum Gasteiger partial charge on any atom is -0.477 e. The van der Waals surface area contributed by atoms with Gasteiger partial charge < -0.3 is 9.67 Å². The number of aromatic nitrogens is 1. The molecule has 0 aliphatic heterocycles. The SMILES string of the molecule is O=C(O)c1cn(-c2ccccc2)c2cc(Cl)c(F)cc2c1=O. The third-order valence-electron chi connectivity index (χ3n) is 3.31. The maximum Gasteiger partial charge on any atom is 0.341 e. The molecular formula is C16H9ClFNO3. The van der Waals surface area contributed by atoms with Gasteiger partial charge in [0.05, 0.1) is 10.5 Å². The van der Waals surface area contributed by atoms with Crippen molar-refractivity contribution in [3.05, 3.63) is 75.3 Å². The Labute approximate surface area is 129 Å². The molecule has 0 fully saturated rings. The lowest BCUT2D eigenvalue weighted by atomic mass is 10.1. The van der Waals surface area contributed by atoms with Crippen LogP contribution in [0.1, 0.15) is 10.4 Å². The minimum absolute atomic E-state index is 0.0364. The lowest BCUT2D eigenvalue weighted by molar-refractivity contribution is 0.0695. The fraction of sp³-hybridized carbons (Fsp3) is 0. The summed E-state index contributed by atoms with van der Waals surface area (Å²) in [6.07, 6.45) is 1.22. The Bertz CT molecular complexity index is 951. The van der Waals surface area contributed by atoms with Crippen molar-refractivity contribution in [3.8, 4) is 5.69 Å². The summed E-state index contributed by atoms with van der Waals surface area (Å²) in [7, 11) is 0. The molecule has 3 rings (SSSR count). The Kier molecular flexibility index (Phi) is 3.42. The maximum atomic E-state index is 13.7. The van der Waals surface area contributed by atoms with Crippen LogP contribution in [0.3, 0.4) is 0 Å². The monoisotopic (exact) mass is 317 g/mol. The van der Waals surface area contributed by atoms with E-state index in [0.29, 0.717) is 11.2 Å². The topological polar surface area (TPSA) is 59.3 Å². The van der Waals surface area contributed by atoms with E-state index in [1.807, 2.05) is 0 Å². The van der Waals surface area contributed by atoms with E-state index in [1.54, 1.807) is 30.3 Å². The van der Waals surface area contributed by atoms with Crippen LogP contribution in [0.15, 0.2) is 53.5 Å². The van der Waals surface area contributed by atoms with Gasteiger partial charge in [0.1, 0.15) is 11.4 Å². The predicted molar refractivity (Wildman–Crippen MR) is 81.5 cm³/mol. The molecule has 110 valence electrons. The number of pyridine rings is 1. The highest BCUT2D eigenvalue weighted by molar-refractivity contribution is 6.31. The van der Waals surface area contributed by atoms with E-state index in [2.05, 4.69) is 0 Å². The molecular weight excluding hydrogens is 309 g/mol. The first-order valence-electron chi connectivity index (χ1n) is 6.32. The number of fused-ring (bicyclic) bond motifs is 1. The summed E-state index contributed by atoms with van der Waals surface area (Å²) in [4.78, 5) is 23.5. The molecule has 1 heterocycles. The second-order valence-electron chi connectivity index (χ2n) is 4.67. The van der Waals surface area contributed by atoms with Gasteiger partial charge in [-0.1, -0.05) is 29.8 Å². The number of nitrogens with zero attached hydrogens (tertiary/aromatic N) is 1. The van der Waals surface area contributed by atoms with Crippen molar-refractivity contribution >= 4 is 28.5 Å². The highest BCUT2D eigenvalue weighted by Gasteiger charge is 2.17. The highest BCUT2D eigenvalue weighted by atomic mass is 35.5. The molecule has 1 aromatic heterocycles. The number of para-hydroxylation sites is 1. The Morgan fingerprint density at radius 1 is 1.18 bits per heavy atom. The van der Waals surface area contributed by atoms with Gasteiger partial charge >= 0.3 is 5.97 Å². The third kappa shape index (κ3) is 2.25. The van der Waals surface area contributed by atoms with Crippen molar-refractivity contribution < 1.29 is 14.3 Å². The summed E-state index contributed by atoms with van der Waals surface area (Å²) in [5.41, 5.74) is -0.200. The molecule has 0 radical (unpaired) electrons. The van der Waals surface area contributed by atoms with Crippen molar-refractivity contribution in [3.63, 3.8) is 0 Å². The quantitative estimate of drug-likeness (QED) is 0.787. The van der Waals surface area contributed by atoms with Gasteiger partial charge in [0.25, 0.3) is 0 Å². The van der Waals surface area contributed by atoms with Crippen molar-refractivity contribution in [1.29, 1.82) is 0 Å². The van der Waals surface area contributed by atoms with Crippen LogP contribution in [0.2, 0.25) is 5.02 Å².